The number of methoxy groups -OCH3 is 1. The van der Waals surface area contributed by atoms with Crippen molar-refractivity contribution in [3.63, 3.8) is 0 Å². The molecular formula is C41H51FO6. The van der Waals surface area contributed by atoms with Gasteiger partial charge in [0.2, 0.25) is 0 Å². The second-order valence-electron chi connectivity index (χ2n) is 12.5. The molecule has 1 unspecified atom stereocenters. The van der Waals surface area contributed by atoms with Crippen LogP contribution in [0.2, 0.25) is 0 Å². The van der Waals surface area contributed by atoms with Crippen molar-refractivity contribution in [2.24, 2.45) is 5.92 Å². The third-order valence-electron chi connectivity index (χ3n) is 8.98. The quantitative estimate of drug-likeness (QED) is 0.0726. The Morgan fingerprint density at radius 3 is 2.25 bits per heavy atom. The summed E-state index contributed by atoms with van der Waals surface area (Å²) in [4.78, 5) is 15.3. The van der Waals surface area contributed by atoms with Crippen molar-refractivity contribution in [3.05, 3.63) is 89.5 Å². The van der Waals surface area contributed by atoms with E-state index >= 15 is 0 Å². The number of hydrogen-bond donors (Lipinski definition) is 0. The van der Waals surface area contributed by atoms with Gasteiger partial charge in [-0.1, -0.05) is 88.6 Å². The van der Waals surface area contributed by atoms with Gasteiger partial charge in [0.1, 0.15) is 37.9 Å². The first kappa shape index (κ1) is 36.9. The van der Waals surface area contributed by atoms with Gasteiger partial charge in [-0.25, -0.2) is 4.79 Å². The van der Waals surface area contributed by atoms with Crippen molar-refractivity contribution >= 4 is 11.5 Å². The lowest BCUT2D eigenvalue weighted by atomic mass is 9.83. The molecule has 4 rings (SSSR count). The van der Waals surface area contributed by atoms with E-state index in [2.05, 4.69) is 74.8 Å². The molecule has 0 fully saturated rings. The number of carbonyl (C=O) groups is 1. The van der Waals surface area contributed by atoms with Crippen molar-refractivity contribution in [2.45, 2.75) is 72.1 Å². The Balaban J connectivity index is 1.51. The number of rotatable bonds is 19. The standard InChI is InChI=1S/C41H51FO6/c1-6-8-9-10-31-11-13-33(14-12-31)34-15-17-39(29(3)23-34)35-16-18-40(32(7-2)24-35)36-25-37(45-20-19-44-5)27-38(26-36)46-21-22-47-41(43)30(4)28-48-42/h13,15-18,23-27,31H,4,6-12,14,19-22,28H2,1-3,5H3. The Bertz CT molecular complexity index is 1540. The summed E-state index contributed by atoms with van der Waals surface area (Å²) in [7, 11) is 1.63. The summed E-state index contributed by atoms with van der Waals surface area (Å²) in [5.41, 5.74) is 9.70. The van der Waals surface area contributed by atoms with E-state index in [0.717, 1.165) is 23.5 Å². The summed E-state index contributed by atoms with van der Waals surface area (Å²) in [6.45, 7) is 10.5. The maximum absolute atomic E-state index is 12.0. The lowest BCUT2D eigenvalue weighted by Crippen LogP contribution is -2.15. The maximum atomic E-state index is 12.0. The molecular weight excluding hydrogens is 607 g/mol. The Morgan fingerprint density at radius 1 is 0.875 bits per heavy atom. The molecule has 0 saturated carbocycles. The minimum absolute atomic E-state index is 0.0296. The zero-order valence-corrected chi connectivity index (χ0v) is 29.1. The van der Waals surface area contributed by atoms with E-state index in [1.165, 1.54) is 78.3 Å². The monoisotopic (exact) mass is 658 g/mol. The van der Waals surface area contributed by atoms with Crippen LogP contribution in [0.15, 0.2) is 72.8 Å². The molecule has 0 aromatic heterocycles. The predicted octanol–water partition coefficient (Wildman–Crippen LogP) is 10.1. The minimum atomic E-state index is -0.733. The third kappa shape index (κ3) is 10.5. The van der Waals surface area contributed by atoms with Gasteiger partial charge in [0.15, 0.2) is 0 Å². The van der Waals surface area contributed by atoms with Crippen molar-refractivity contribution < 1.29 is 33.2 Å². The van der Waals surface area contributed by atoms with Crippen molar-refractivity contribution in [1.29, 1.82) is 0 Å². The summed E-state index contributed by atoms with van der Waals surface area (Å²) in [6.07, 6.45) is 12.3. The lowest BCUT2D eigenvalue weighted by molar-refractivity contribution is -0.147. The van der Waals surface area contributed by atoms with Crippen LogP contribution in [-0.4, -0.2) is 46.1 Å². The molecule has 0 saturated heterocycles. The van der Waals surface area contributed by atoms with Crippen LogP contribution in [-0.2, 0) is 25.6 Å². The molecule has 48 heavy (non-hydrogen) atoms. The molecule has 3 aromatic rings. The molecule has 1 aliphatic rings. The highest BCUT2D eigenvalue weighted by molar-refractivity contribution is 5.88. The molecule has 7 heteroatoms. The number of unbranched alkanes of at least 4 members (excludes halogenated alkanes) is 2. The van der Waals surface area contributed by atoms with Gasteiger partial charge in [0, 0.05) is 13.2 Å². The smallest absolute Gasteiger partial charge is 0.336 e. The number of carbonyl (C=O) groups excluding carboxylic acids is 1. The molecule has 3 aromatic carbocycles. The zero-order chi connectivity index (χ0) is 34.3. The van der Waals surface area contributed by atoms with Crippen molar-refractivity contribution in [2.75, 3.05) is 40.1 Å². The second kappa shape index (κ2) is 19.2. The number of ether oxygens (including phenoxy) is 4. The fourth-order valence-corrected chi connectivity index (χ4v) is 6.28. The van der Waals surface area contributed by atoms with Crippen LogP contribution in [0.1, 0.15) is 75.5 Å². The molecule has 0 radical (unpaired) electrons. The van der Waals surface area contributed by atoms with Gasteiger partial charge in [0.05, 0.1) is 12.2 Å². The van der Waals surface area contributed by atoms with Crippen LogP contribution in [0, 0.1) is 12.8 Å². The highest BCUT2D eigenvalue weighted by atomic mass is 19.3. The maximum Gasteiger partial charge on any atom is 0.336 e. The first-order valence-electron chi connectivity index (χ1n) is 17.3. The second-order valence-corrected chi connectivity index (χ2v) is 12.5. The first-order valence-corrected chi connectivity index (χ1v) is 17.3. The largest absolute Gasteiger partial charge is 0.491 e. The Hall–Kier alpha value is -3.94. The summed E-state index contributed by atoms with van der Waals surface area (Å²) < 4.78 is 34.2. The summed E-state index contributed by atoms with van der Waals surface area (Å²) in [6, 6.07) is 19.3. The first-order chi connectivity index (χ1) is 23.4. The summed E-state index contributed by atoms with van der Waals surface area (Å²) in [5.74, 6) is 1.33. The number of allylic oxidation sites excluding steroid dienone is 2. The van der Waals surface area contributed by atoms with Crippen LogP contribution in [0.4, 0.5) is 4.53 Å². The fourth-order valence-electron chi connectivity index (χ4n) is 6.28. The minimum Gasteiger partial charge on any atom is -0.491 e. The molecule has 0 heterocycles. The Kier molecular flexibility index (Phi) is 14.7. The fraction of sp³-hybridized carbons (Fsp3) is 0.439. The van der Waals surface area contributed by atoms with Crippen LogP contribution in [0.25, 0.3) is 27.8 Å². The topological polar surface area (TPSA) is 63.2 Å². The van der Waals surface area contributed by atoms with Gasteiger partial charge in [-0.2, -0.15) is 4.94 Å². The van der Waals surface area contributed by atoms with E-state index in [4.69, 9.17) is 18.9 Å². The van der Waals surface area contributed by atoms with Gasteiger partial charge < -0.3 is 18.9 Å². The Labute approximate surface area is 285 Å². The molecule has 0 N–H and O–H groups in total. The van der Waals surface area contributed by atoms with E-state index in [1.807, 2.05) is 12.1 Å². The molecule has 0 aliphatic heterocycles. The van der Waals surface area contributed by atoms with Gasteiger partial charge in [-0.3, -0.25) is 0 Å². The van der Waals surface area contributed by atoms with E-state index < -0.39 is 12.6 Å². The lowest BCUT2D eigenvalue weighted by Gasteiger charge is -2.22. The van der Waals surface area contributed by atoms with E-state index in [-0.39, 0.29) is 18.8 Å². The van der Waals surface area contributed by atoms with Crippen molar-refractivity contribution in [3.8, 4) is 33.8 Å². The summed E-state index contributed by atoms with van der Waals surface area (Å²) >= 11 is 0. The number of halogens is 1. The summed E-state index contributed by atoms with van der Waals surface area (Å²) in [5, 5.41) is 0. The molecule has 1 atom stereocenters. The number of aryl methyl sites for hydroxylation is 2. The molecule has 0 bridgehead atoms. The van der Waals surface area contributed by atoms with Gasteiger partial charge >= 0.3 is 5.97 Å². The van der Waals surface area contributed by atoms with Gasteiger partial charge in [-0.05, 0) is 99.7 Å². The van der Waals surface area contributed by atoms with E-state index in [0.29, 0.717) is 24.7 Å². The average molecular weight is 659 g/mol. The number of benzene rings is 3. The van der Waals surface area contributed by atoms with Crippen LogP contribution in [0.3, 0.4) is 0 Å². The highest BCUT2D eigenvalue weighted by Crippen LogP contribution is 2.37. The third-order valence-corrected chi connectivity index (χ3v) is 8.98. The molecule has 6 nitrogen and oxygen atoms in total. The average Bonchev–Trinajstić information content (AvgIpc) is 3.10. The highest BCUT2D eigenvalue weighted by Gasteiger charge is 2.17. The van der Waals surface area contributed by atoms with E-state index in [9.17, 15) is 9.32 Å². The van der Waals surface area contributed by atoms with Gasteiger partial charge in [-0.15, -0.1) is 0 Å². The SMILES string of the molecule is C=C(COF)C(=O)OCCOc1cc(OCCOC)cc(-c2ccc(-c3ccc(C4=CCC(CCCCC)CC4)cc3C)cc2CC)c1. The number of esters is 1. The Morgan fingerprint density at radius 2 is 1.60 bits per heavy atom. The normalized spacial score (nSPS) is 14.4. The van der Waals surface area contributed by atoms with Crippen molar-refractivity contribution in [1.82, 2.24) is 0 Å². The molecule has 0 amide bonds. The predicted molar refractivity (Wildman–Crippen MR) is 191 cm³/mol. The molecule has 0 spiro atoms. The zero-order valence-electron chi connectivity index (χ0n) is 29.1. The van der Waals surface area contributed by atoms with Crippen LogP contribution >= 0.6 is 0 Å². The van der Waals surface area contributed by atoms with Gasteiger partial charge in [0.25, 0.3) is 0 Å². The van der Waals surface area contributed by atoms with E-state index in [1.54, 1.807) is 13.2 Å². The molecule has 258 valence electrons. The van der Waals surface area contributed by atoms with Crippen LogP contribution in [0.5, 0.6) is 11.5 Å². The number of hydrogen-bond acceptors (Lipinski definition) is 6. The molecule has 1 aliphatic carbocycles. The van der Waals surface area contributed by atoms with Crippen LogP contribution < -0.4 is 9.47 Å².